The van der Waals surface area contributed by atoms with Crippen molar-refractivity contribution in [3.8, 4) is 0 Å². The molecule has 0 aliphatic heterocycles. The van der Waals surface area contributed by atoms with E-state index in [2.05, 4.69) is 18.0 Å². The number of nitrogens with one attached hydrogen (secondary N) is 1. The lowest BCUT2D eigenvalue weighted by molar-refractivity contribution is 0.782. The molecule has 0 fully saturated rings. The van der Waals surface area contributed by atoms with Crippen molar-refractivity contribution < 1.29 is 0 Å². The van der Waals surface area contributed by atoms with E-state index in [9.17, 15) is 0 Å². The molecule has 1 N–H and O–H groups in total. The molecule has 14 heavy (non-hydrogen) atoms. The van der Waals surface area contributed by atoms with Gasteiger partial charge in [0.15, 0.2) is 0 Å². The number of unbranched alkanes of at least 4 members (excludes halogenated alkanes) is 1. The molecule has 1 aromatic carbocycles. The number of halogens is 1. The van der Waals surface area contributed by atoms with E-state index in [0.29, 0.717) is 0 Å². The number of H-pyrrole nitrogens is 1. The maximum atomic E-state index is 5.92. The minimum Gasteiger partial charge on any atom is -0.358 e. The van der Waals surface area contributed by atoms with Crippen molar-refractivity contribution in [3.63, 3.8) is 0 Å². The van der Waals surface area contributed by atoms with E-state index >= 15 is 0 Å². The molecule has 0 aliphatic carbocycles. The predicted octanol–water partition coefficient (Wildman–Crippen LogP) is 4.16. The zero-order valence-corrected chi connectivity index (χ0v) is 9.06. The number of hydrogen-bond donors (Lipinski definition) is 1. The summed E-state index contributed by atoms with van der Waals surface area (Å²) in [6.45, 7) is 2.21. The van der Waals surface area contributed by atoms with E-state index in [1.165, 1.54) is 29.4 Å². The molecule has 2 aromatic rings. The van der Waals surface area contributed by atoms with Crippen LogP contribution in [0.15, 0.2) is 24.3 Å². The Morgan fingerprint density at radius 1 is 1.29 bits per heavy atom. The minimum atomic E-state index is 0.804. The Labute approximate surface area is 89.1 Å². The van der Waals surface area contributed by atoms with E-state index in [4.69, 9.17) is 11.6 Å². The molecular formula is C12H14ClN. The van der Waals surface area contributed by atoms with Gasteiger partial charge in [0.25, 0.3) is 0 Å². The molecule has 74 valence electrons. The molecule has 1 nitrogen and oxygen atoms in total. The summed E-state index contributed by atoms with van der Waals surface area (Å²) >= 11 is 5.92. The molecule has 0 aliphatic rings. The van der Waals surface area contributed by atoms with Gasteiger partial charge in [0.2, 0.25) is 0 Å². The van der Waals surface area contributed by atoms with Crippen molar-refractivity contribution in [2.75, 3.05) is 0 Å². The SMILES string of the molecule is CCCCc1cc2cc(Cl)ccc2[nH]1. The molecule has 1 aromatic heterocycles. The summed E-state index contributed by atoms with van der Waals surface area (Å²) in [6, 6.07) is 8.15. The molecular weight excluding hydrogens is 194 g/mol. The minimum absolute atomic E-state index is 0.804. The van der Waals surface area contributed by atoms with Crippen LogP contribution >= 0.6 is 11.6 Å². The molecule has 0 bridgehead atoms. The molecule has 0 spiro atoms. The van der Waals surface area contributed by atoms with Crippen LogP contribution in [0.1, 0.15) is 25.5 Å². The van der Waals surface area contributed by atoms with Crippen molar-refractivity contribution in [3.05, 3.63) is 35.0 Å². The first-order valence-electron chi connectivity index (χ1n) is 5.07. The summed E-state index contributed by atoms with van der Waals surface area (Å²) in [7, 11) is 0. The number of fused-ring (bicyclic) bond motifs is 1. The number of rotatable bonds is 3. The molecule has 1 heterocycles. The number of aromatic amines is 1. The first kappa shape index (κ1) is 9.60. The van der Waals surface area contributed by atoms with Gasteiger partial charge in [-0.15, -0.1) is 0 Å². The average Bonchev–Trinajstić information content (AvgIpc) is 2.56. The zero-order chi connectivity index (χ0) is 9.97. The van der Waals surface area contributed by atoms with Gasteiger partial charge in [0.05, 0.1) is 0 Å². The fourth-order valence-corrected chi connectivity index (χ4v) is 1.85. The third-order valence-electron chi connectivity index (χ3n) is 2.44. The Kier molecular flexibility index (Phi) is 2.78. The van der Waals surface area contributed by atoms with E-state index in [0.717, 1.165) is 11.4 Å². The van der Waals surface area contributed by atoms with Crippen molar-refractivity contribution in [1.29, 1.82) is 0 Å². The van der Waals surface area contributed by atoms with Gasteiger partial charge >= 0.3 is 0 Å². The normalized spacial score (nSPS) is 11.0. The van der Waals surface area contributed by atoms with Crippen LogP contribution in [0.2, 0.25) is 5.02 Å². The van der Waals surface area contributed by atoms with Crippen LogP contribution in [0.4, 0.5) is 0 Å². The summed E-state index contributed by atoms with van der Waals surface area (Å²) in [4.78, 5) is 3.40. The van der Waals surface area contributed by atoms with Crippen molar-refractivity contribution >= 4 is 22.5 Å². The Morgan fingerprint density at radius 2 is 2.14 bits per heavy atom. The molecule has 0 radical (unpaired) electrons. The van der Waals surface area contributed by atoms with E-state index in [-0.39, 0.29) is 0 Å². The van der Waals surface area contributed by atoms with Gasteiger partial charge in [-0.2, -0.15) is 0 Å². The molecule has 0 saturated carbocycles. The van der Waals surface area contributed by atoms with Gasteiger partial charge in [-0.05, 0) is 37.1 Å². The van der Waals surface area contributed by atoms with Crippen LogP contribution in [0.3, 0.4) is 0 Å². The first-order chi connectivity index (χ1) is 6.79. The van der Waals surface area contributed by atoms with Crippen LogP contribution in [-0.4, -0.2) is 4.98 Å². The first-order valence-corrected chi connectivity index (χ1v) is 5.44. The Balaban J connectivity index is 2.32. The molecule has 0 amide bonds. The van der Waals surface area contributed by atoms with Crippen LogP contribution in [0.5, 0.6) is 0 Å². The van der Waals surface area contributed by atoms with Crippen molar-refractivity contribution in [2.45, 2.75) is 26.2 Å². The predicted molar refractivity (Wildman–Crippen MR) is 61.9 cm³/mol. The molecule has 2 heteroatoms. The van der Waals surface area contributed by atoms with Gasteiger partial charge in [0, 0.05) is 21.6 Å². The summed E-state index contributed by atoms with van der Waals surface area (Å²) < 4.78 is 0. The second-order valence-corrected chi connectivity index (χ2v) is 4.07. The third-order valence-corrected chi connectivity index (χ3v) is 2.67. The number of benzene rings is 1. The van der Waals surface area contributed by atoms with Gasteiger partial charge in [0.1, 0.15) is 0 Å². The lowest BCUT2D eigenvalue weighted by atomic mass is 10.2. The highest BCUT2D eigenvalue weighted by molar-refractivity contribution is 6.31. The van der Waals surface area contributed by atoms with E-state index in [1.807, 2.05) is 18.2 Å². The lowest BCUT2D eigenvalue weighted by Gasteiger charge is -1.92. The summed E-state index contributed by atoms with van der Waals surface area (Å²) in [5.74, 6) is 0. The lowest BCUT2D eigenvalue weighted by Crippen LogP contribution is -1.82. The van der Waals surface area contributed by atoms with Crippen LogP contribution in [0, 0.1) is 0 Å². The van der Waals surface area contributed by atoms with Crippen molar-refractivity contribution in [2.24, 2.45) is 0 Å². The fourth-order valence-electron chi connectivity index (χ4n) is 1.67. The highest BCUT2D eigenvalue weighted by Gasteiger charge is 2.00. The Morgan fingerprint density at radius 3 is 2.93 bits per heavy atom. The summed E-state index contributed by atoms with van der Waals surface area (Å²) in [5, 5.41) is 2.02. The van der Waals surface area contributed by atoms with E-state index in [1.54, 1.807) is 0 Å². The standard InChI is InChI=1S/C12H14ClN/c1-2-3-4-11-8-9-7-10(13)5-6-12(9)14-11/h5-8,14H,2-4H2,1H3. The van der Waals surface area contributed by atoms with Gasteiger partial charge < -0.3 is 4.98 Å². The monoisotopic (exact) mass is 207 g/mol. The molecule has 2 rings (SSSR count). The number of aromatic nitrogens is 1. The van der Waals surface area contributed by atoms with Crippen LogP contribution in [0.25, 0.3) is 10.9 Å². The van der Waals surface area contributed by atoms with E-state index < -0.39 is 0 Å². The average molecular weight is 208 g/mol. The second-order valence-electron chi connectivity index (χ2n) is 3.63. The topological polar surface area (TPSA) is 15.8 Å². The second kappa shape index (κ2) is 4.05. The highest BCUT2D eigenvalue weighted by Crippen LogP contribution is 2.20. The molecule has 0 unspecified atom stereocenters. The Hall–Kier alpha value is -0.950. The number of hydrogen-bond acceptors (Lipinski definition) is 0. The molecule has 0 atom stereocenters. The van der Waals surface area contributed by atoms with Crippen LogP contribution in [-0.2, 0) is 6.42 Å². The third kappa shape index (κ3) is 1.93. The quantitative estimate of drug-likeness (QED) is 0.778. The maximum Gasteiger partial charge on any atom is 0.0457 e. The maximum absolute atomic E-state index is 5.92. The smallest absolute Gasteiger partial charge is 0.0457 e. The number of aryl methyl sites for hydroxylation is 1. The molecule has 0 saturated heterocycles. The zero-order valence-electron chi connectivity index (χ0n) is 8.31. The summed E-state index contributed by atoms with van der Waals surface area (Å²) in [6.07, 6.45) is 3.60. The van der Waals surface area contributed by atoms with Gasteiger partial charge in [-0.1, -0.05) is 24.9 Å². The van der Waals surface area contributed by atoms with Crippen molar-refractivity contribution in [1.82, 2.24) is 4.98 Å². The van der Waals surface area contributed by atoms with Gasteiger partial charge in [-0.25, -0.2) is 0 Å². The largest absolute Gasteiger partial charge is 0.358 e. The van der Waals surface area contributed by atoms with Gasteiger partial charge in [-0.3, -0.25) is 0 Å². The summed E-state index contributed by atoms with van der Waals surface area (Å²) in [5.41, 5.74) is 2.49. The Bertz CT molecular complexity index is 431. The van der Waals surface area contributed by atoms with Crippen LogP contribution < -0.4 is 0 Å². The highest BCUT2D eigenvalue weighted by atomic mass is 35.5. The fraction of sp³-hybridized carbons (Fsp3) is 0.333.